The Bertz CT molecular complexity index is 778. The van der Waals surface area contributed by atoms with Crippen molar-refractivity contribution in [1.82, 2.24) is 14.8 Å². The van der Waals surface area contributed by atoms with Crippen molar-refractivity contribution in [1.29, 1.82) is 0 Å². The summed E-state index contributed by atoms with van der Waals surface area (Å²) in [6.07, 6.45) is 1.64. The Morgan fingerprint density at radius 2 is 2.00 bits per heavy atom. The highest BCUT2D eigenvalue weighted by atomic mass is 16.1. The molecule has 0 saturated carbocycles. The zero-order chi connectivity index (χ0) is 13.4. The summed E-state index contributed by atoms with van der Waals surface area (Å²) in [4.78, 5) is 16.0. The van der Waals surface area contributed by atoms with Crippen LogP contribution >= 0.6 is 0 Å². The Morgan fingerprint density at radius 3 is 2.68 bits per heavy atom. The highest BCUT2D eigenvalue weighted by molar-refractivity contribution is 5.99. The third-order valence-corrected chi connectivity index (χ3v) is 2.80. The molecule has 0 saturated heterocycles. The zero-order valence-corrected chi connectivity index (χ0v) is 9.95. The van der Waals surface area contributed by atoms with Crippen LogP contribution in [0.4, 0.5) is 5.82 Å². The van der Waals surface area contributed by atoms with Gasteiger partial charge in [-0.05, 0) is 12.1 Å². The van der Waals surface area contributed by atoms with Gasteiger partial charge in [-0.2, -0.15) is 0 Å². The van der Waals surface area contributed by atoms with E-state index in [1.165, 1.54) is 4.68 Å². The van der Waals surface area contributed by atoms with Crippen molar-refractivity contribution in [3.05, 3.63) is 48.2 Å². The first-order chi connectivity index (χ1) is 9.15. The number of anilines is 1. The fourth-order valence-corrected chi connectivity index (χ4v) is 1.92. The Balaban J connectivity index is 2.32. The summed E-state index contributed by atoms with van der Waals surface area (Å²) >= 11 is 0. The fraction of sp³-hybridized carbons (Fsp3) is 0. The van der Waals surface area contributed by atoms with E-state index in [0.717, 1.165) is 10.9 Å². The molecular formula is C13H11N5O. The lowest BCUT2D eigenvalue weighted by atomic mass is 10.1. The molecule has 3 rings (SSSR count). The molecule has 2 heterocycles. The first kappa shape index (κ1) is 11.2. The Hall–Kier alpha value is -2.89. The number of hydrogen-bond acceptors (Lipinski definition) is 4. The first-order valence-electron chi connectivity index (χ1n) is 5.66. The van der Waals surface area contributed by atoms with Gasteiger partial charge in [-0.15, -0.1) is 5.10 Å². The molecule has 0 atom stereocenters. The number of aromatic nitrogens is 3. The quantitative estimate of drug-likeness (QED) is 0.714. The van der Waals surface area contributed by atoms with E-state index in [9.17, 15) is 4.79 Å². The Labute approximate surface area is 108 Å². The molecule has 0 aliphatic heterocycles. The van der Waals surface area contributed by atoms with Crippen LogP contribution in [0.15, 0.2) is 42.6 Å². The molecule has 0 fully saturated rings. The number of nitrogens with two attached hydrogens (primary N) is 2. The van der Waals surface area contributed by atoms with Crippen LogP contribution in [0.2, 0.25) is 0 Å². The summed E-state index contributed by atoms with van der Waals surface area (Å²) < 4.78 is 1.45. The normalized spacial score (nSPS) is 10.7. The van der Waals surface area contributed by atoms with Crippen LogP contribution in [0, 0.1) is 0 Å². The molecule has 4 N–H and O–H groups in total. The van der Waals surface area contributed by atoms with Gasteiger partial charge in [0.1, 0.15) is 5.82 Å². The number of fused-ring (bicyclic) bond motifs is 1. The van der Waals surface area contributed by atoms with E-state index in [0.29, 0.717) is 17.2 Å². The predicted octanol–water partition coefficient (Wildman–Crippen LogP) is 1.10. The molecule has 19 heavy (non-hydrogen) atoms. The molecule has 0 aliphatic carbocycles. The van der Waals surface area contributed by atoms with Gasteiger partial charge < -0.3 is 11.5 Å². The Kier molecular flexibility index (Phi) is 2.42. The number of rotatable bonds is 2. The van der Waals surface area contributed by atoms with Gasteiger partial charge in [0, 0.05) is 17.6 Å². The zero-order valence-electron chi connectivity index (χ0n) is 9.95. The van der Waals surface area contributed by atoms with Crippen molar-refractivity contribution in [2.75, 3.05) is 5.73 Å². The highest BCUT2D eigenvalue weighted by Crippen LogP contribution is 2.19. The topological polar surface area (TPSA) is 99.8 Å². The van der Waals surface area contributed by atoms with E-state index < -0.39 is 5.91 Å². The molecule has 6 nitrogen and oxygen atoms in total. The van der Waals surface area contributed by atoms with E-state index in [1.807, 2.05) is 24.3 Å². The van der Waals surface area contributed by atoms with Crippen LogP contribution in [-0.4, -0.2) is 20.7 Å². The largest absolute Gasteiger partial charge is 0.382 e. The van der Waals surface area contributed by atoms with Crippen molar-refractivity contribution in [2.24, 2.45) is 5.73 Å². The SMILES string of the molecule is NC(=O)c1cc2ccccc2nc1-n1ccc(N)n1. The summed E-state index contributed by atoms with van der Waals surface area (Å²) in [5, 5.41) is 4.90. The lowest BCUT2D eigenvalue weighted by Gasteiger charge is -2.07. The van der Waals surface area contributed by atoms with Gasteiger partial charge in [0.25, 0.3) is 5.91 Å². The number of carbonyl (C=O) groups is 1. The number of pyridine rings is 1. The molecule has 0 aliphatic rings. The van der Waals surface area contributed by atoms with Crippen LogP contribution in [0.5, 0.6) is 0 Å². The summed E-state index contributed by atoms with van der Waals surface area (Å²) in [5.74, 6) is 0.176. The van der Waals surface area contributed by atoms with Gasteiger partial charge in [-0.1, -0.05) is 18.2 Å². The van der Waals surface area contributed by atoms with E-state index in [2.05, 4.69) is 10.1 Å². The number of para-hydroxylation sites is 1. The average Bonchev–Trinajstić information content (AvgIpc) is 2.83. The molecule has 94 valence electrons. The smallest absolute Gasteiger partial charge is 0.252 e. The average molecular weight is 253 g/mol. The summed E-state index contributed by atoms with van der Waals surface area (Å²) in [6, 6.07) is 10.8. The third-order valence-electron chi connectivity index (χ3n) is 2.80. The Morgan fingerprint density at radius 1 is 1.21 bits per heavy atom. The second-order valence-corrected chi connectivity index (χ2v) is 4.10. The first-order valence-corrected chi connectivity index (χ1v) is 5.66. The molecule has 0 spiro atoms. The number of primary amides is 1. The number of benzene rings is 1. The molecule has 1 aromatic carbocycles. The number of amides is 1. The lowest BCUT2D eigenvalue weighted by molar-refractivity contribution is 0.1000. The second-order valence-electron chi connectivity index (χ2n) is 4.10. The molecule has 0 unspecified atom stereocenters. The van der Waals surface area contributed by atoms with Gasteiger partial charge in [0.15, 0.2) is 5.82 Å². The molecule has 0 bridgehead atoms. The summed E-state index contributed by atoms with van der Waals surface area (Å²) in [6.45, 7) is 0. The molecule has 1 amide bonds. The lowest BCUT2D eigenvalue weighted by Crippen LogP contribution is -2.16. The molecule has 3 aromatic rings. The van der Waals surface area contributed by atoms with E-state index >= 15 is 0 Å². The molecule has 6 heteroatoms. The van der Waals surface area contributed by atoms with Crippen LogP contribution < -0.4 is 11.5 Å². The van der Waals surface area contributed by atoms with Crippen molar-refractivity contribution in [3.63, 3.8) is 0 Å². The van der Waals surface area contributed by atoms with Gasteiger partial charge in [-0.3, -0.25) is 4.79 Å². The molecular weight excluding hydrogens is 242 g/mol. The standard InChI is InChI=1S/C13H11N5O/c14-11-5-6-18(17-11)13-9(12(15)19)7-8-3-1-2-4-10(8)16-13/h1-7H,(H2,14,17)(H2,15,19). The third kappa shape index (κ3) is 1.89. The summed E-state index contributed by atoms with van der Waals surface area (Å²) in [7, 11) is 0. The summed E-state index contributed by atoms with van der Waals surface area (Å²) in [5.41, 5.74) is 12.0. The minimum Gasteiger partial charge on any atom is -0.382 e. The van der Waals surface area contributed by atoms with Crippen LogP contribution in [0.25, 0.3) is 16.7 Å². The van der Waals surface area contributed by atoms with Gasteiger partial charge in [0.2, 0.25) is 0 Å². The van der Waals surface area contributed by atoms with E-state index in [1.54, 1.807) is 18.3 Å². The fourth-order valence-electron chi connectivity index (χ4n) is 1.92. The maximum absolute atomic E-state index is 11.6. The van der Waals surface area contributed by atoms with E-state index in [4.69, 9.17) is 11.5 Å². The van der Waals surface area contributed by atoms with Crippen LogP contribution in [0.3, 0.4) is 0 Å². The predicted molar refractivity (Wildman–Crippen MR) is 71.8 cm³/mol. The highest BCUT2D eigenvalue weighted by Gasteiger charge is 2.14. The maximum Gasteiger partial charge on any atom is 0.252 e. The monoisotopic (exact) mass is 253 g/mol. The van der Waals surface area contributed by atoms with Crippen LogP contribution in [0.1, 0.15) is 10.4 Å². The maximum atomic E-state index is 11.6. The van der Waals surface area contributed by atoms with Gasteiger partial charge in [0.05, 0.1) is 11.1 Å². The number of carbonyl (C=O) groups excluding carboxylic acids is 1. The van der Waals surface area contributed by atoms with E-state index in [-0.39, 0.29) is 0 Å². The number of hydrogen-bond donors (Lipinski definition) is 2. The second kappa shape index (κ2) is 4.09. The van der Waals surface area contributed by atoms with Crippen molar-refractivity contribution < 1.29 is 4.79 Å². The van der Waals surface area contributed by atoms with Gasteiger partial charge in [-0.25, -0.2) is 9.67 Å². The molecule has 2 aromatic heterocycles. The van der Waals surface area contributed by atoms with Crippen molar-refractivity contribution in [2.45, 2.75) is 0 Å². The number of nitrogens with zero attached hydrogens (tertiary/aromatic N) is 3. The molecule has 0 radical (unpaired) electrons. The van der Waals surface area contributed by atoms with Crippen molar-refractivity contribution in [3.8, 4) is 5.82 Å². The number of nitrogen functional groups attached to an aromatic ring is 1. The van der Waals surface area contributed by atoms with Crippen LogP contribution in [-0.2, 0) is 0 Å². The van der Waals surface area contributed by atoms with Crippen molar-refractivity contribution >= 4 is 22.6 Å². The van der Waals surface area contributed by atoms with Gasteiger partial charge >= 0.3 is 0 Å². The minimum atomic E-state index is -0.553. The minimum absolute atomic E-state index is 0.307.